The van der Waals surface area contributed by atoms with Crippen molar-refractivity contribution in [3.05, 3.63) is 0 Å². The summed E-state index contributed by atoms with van der Waals surface area (Å²) in [4.78, 5) is 2.05. The Morgan fingerprint density at radius 3 is 2.71 bits per heavy atom. The SMILES string of the molecule is COCCCCN(C)C(C)C(N)=NO. The number of hydrogen-bond acceptors (Lipinski definition) is 4. The fourth-order valence-electron chi connectivity index (χ4n) is 1.11. The second kappa shape index (κ2) is 7.58. The predicted molar refractivity (Wildman–Crippen MR) is 56.6 cm³/mol. The number of rotatable bonds is 7. The third-order valence-electron chi connectivity index (χ3n) is 2.31. The van der Waals surface area contributed by atoms with Crippen molar-refractivity contribution in [2.24, 2.45) is 10.9 Å². The van der Waals surface area contributed by atoms with Crippen LogP contribution in [0.2, 0.25) is 0 Å². The standard InChI is InChI=1S/C9H21N3O2/c1-8(9(10)11-13)12(2)6-4-5-7-14-3/h8,13H,4-7H2,1-3H3,(H2,10,11). The van der Waals surface area contributed by atoms with Crippen molar-refractivity contribution < 1.29 is 9.94 Å². The fourth-order valence-corrected chi connectivity index (χ4v) is 1.11. The average Bonchev–Trinajstić information content (AvgIpc) is 2.21. The van der Waals surface area contributed by atoms with E-state index in [1.807, 2.05) is 18.9 Å². The zero-order valence-corrected chi connectivity index (χ0v) is 9.23. The van der Waals surface area contributed by atoms with Crippen LogP contribution in [0.1, 0.15) is 19.8 Å². The Morgan fingerprint density at radius 1 is 1.57 bits per heavy atom. The van der Waals surface area contributed by atoms with Gasteiger partial charge in [-0.25, -0.2) is 0 Å². The van der Waals surface area contributed by atoms with Crippen LogP contribution in [0.15, 0.2) is 5.16 Å². The Hall–Kier alpha value is -0.810. The summed E-state index contributed by atoms with van der Waals surface area (Å²) in [6.45, 7) is 3.61. The van der Waals surface area contributed by atoms with Gasteiger partial charge in [-0.15, -0.1) is 0 Å². The lowest BCUT2D eigenvalue weighted by Crippen LogP contribution is -2.40. The minimum Gasteiger partial charge on any atom is -0.409 e. The second-order valence-corrected chi connectivity index (χ2v) is 3.38. The normalized spacial score (nSPS) is 14.7. The molecule has 0 radical (unpaired) electrons. The van der Waals surface area contributed by atoms with E-state index >= 15 is 0 Å². The molecule has 0 heterocycles. The van der Waals surface area contributed by atoms with Crippen LogP contribution in [-0.2, 0) is 4.74 Å². The molecule has 0 aromatic carbocycles. The van der Waals surface area contributed by atoms with Gasteiger partial charge in [0.15, 0.2) is 5.84 Å². The molecular weight excluding hydrogens is 182 g/mol. The van der Waals surface area contributed by atoms with E-state index in [-0.39, 0.29) is 11.9 Å². The highest BCUT2D eigenvalue weighted by molar-refractivity contribution is 5.84. The molecule has 14 heavy (non-hydrogen) atoms. The van der Waals surface area contributed by atoms with Crippen LogP contribution in [-0.4, -0.2) is 49.3 Å². The van der Waals surface area contributed by atoms with Gasteiger partial charge in [0, 0.05) is 13.7 Å². The van der Waals surface area contributed by atoms with E-state index in [1.165, 1.54) is 0 Å². The van der Waals surface area contributed by atoms with Crippen molar-refractivity contribution in [3.8, 4) is 0 Å². The summed E-state index contributed by atoms with van der Waals surface area (Å²) >= 11 is 0. The Balaban J connectivity index is 3.67. The van der Waals surface area contributed by atoms with Gasteiger partial charge in [-0.2, -0.15) is 0 Å². The molecule has 0 spiro atoms. The summed E-state index contributed by atoms with van der Waals surface area (Å²) in [5, 5.41) is 11.5. The van der Waals surface area contributed by atoms with Crippen molar-refractivity contribution in [2.45, 2.75) is 25.8 Å². The monoisotopic (exact) mass is 203 g/mol. The lowest BCUT2D eigenvalue weighted by atomic mass is 10.2. The molecule has 5 nitrogen and oxygen atoms in total. The lowest BCUT2D eigenvalue weighted by molar-refractivity contribution is 0.185. The van der Waals surface area contributed by atoms with E-state index in [0.717, 1.165) is 26.0 Å². The lowest BCUT2D eigenvalue weighted by Gasteiger charge is -2.23. The largest absolute Gasteiger partial charge is 0.409 e. The maximum atomic E-state index is 8.48. The number of nitrogens with two attached hydrogens (primary N) is 1. The molecular formula is C9H21N3O2. The highest BCUT2D eigenvalue weighted by atomic mass is 16.5. The molecule has 0 aliphatic heterocycles. The Bertz CT molecular complexity index is 173. The first-order valence-corrected chi connectivity index (χ1v) is 4.80. The van der Waals surface area contributed by atoms with Gasteiger partial charge in [-0.3, -0.25) is 4.90 Å². The third-order valence-corrected chi connectivity index (χ3v) is 2.31. The van der Waals surface area contributed by atoms with Gasteiger partial charge in [0.25, 0.3) is 0 Å². The molecule has 0 bridgehead atoms. The van der Waals surface area contributed by atoms with Crippen molar-refractivity contribution in [1.29, 1.82) is 0 Å². The molecule has 84 valence electrons. The van der Waals surface area contributed by atoms with Gasteiger partial charge in [-0.05, 0) is 33.4 Å². The van der Waals surface area contributed by atoms with Gasteiger partial charge in [0.05, 0.1) is 6.04 Å². The number of amidine groups is 1. The van der Waals surface area contributed by atoms with Crippen molar-refractivity contribution in [2.75, 3.05) is 27.3 Å². The maximum absolute atomic E-state index is 8.48. The zero-order chi connectivity index (χ0) is 11.0. The molecule has 0 fully saturated rings. The topological polar surface area (TPSA) is 71.1 Å². The van der Waals surface area contributed by atoms with Crippen LogP contribution >= 0.6 is 0 Å². The van der Waals surface area contributed by atoms with Crippen LogP contribution in [0.5, 0.6) is 0 Å². The summed E-state index contributed by atoms with van der Waals surface area (Å²) in [7, 11) is 3.65. The van der Waals surface area contributed by atoms with Gasteiger partial charge >= 0.3 is 0 Å². The van der Waals surface area contributed by atoms with Crippen LogP contribution in [0, 0.1) is 0 Å². The first kappa shape index (κ1) is 13.2. The molecule has 0 aliphatic rings. The van der Waals surface area contributed by atoms with E-state index in [1.54, 1.807) is 7.11 Å². The summed E-state index contributed by atoms with van der Waals surface area (Å²) in [5.41, 5.74) is 5.48. The summed E-state index contributed by atoms with van der Waals surface area (Å²) in [5.74, 6) is 0.249. The summed E-state index contributed by atoms with van der Waals surface area (Å²) in [6.07, 6.45) is 2.08. The van der Waals surface area contributed by atoms with E-state index in [0.29, 0.717) is 0 Å². The summed E-state index contributed by atoms with van der Waals surface area (Å²) in [6, 6.07) is -0.0254. The fraction of sp³-hybridized carbons (Fsp3) is 0.889. The third kappa shape index (κ3) is 5.04. The Labute approximate surface area is 85.5 Å². The van der Waals surface area contributed by atoms with Crippen LogP contribution in [0.3, 0.4) is 0 Å². The smallest absolute Gasteiger partial charge is 0.156 e. The molecule has 0 aromatic rings. The minimum absolute atomic E-state index is 0.0254. The molecule has 1 unspecified atom stereocenters. The molecule has 1 atom stereocenters. The highest BCUT2D eigenvalue weighted by Crippen LogP contribution is 1.99. The maximum Gasteiger partial charge on any atom is 0.156 e. The number of ether oxygens (including phenoxy) is 1. The number of hydrogen-bond donors (Lipinski definition) is 2. The van der Waals surface area contributed by atoms with Crippen LogP contribution in [0.4, 0.5) is 0 Å². The van der Waals surface area contributed by atoms with Crippen LogP contribution in [0.25, 0.3) is 0 Å². The highest BCUT2D eigenvalue weighted by Gasteiger charge is 2.12. The molecule has 0 saturated heterocycles. The van der Waals surface area contributed by atoms with Gasteiger partial charge in [0.2, 0.25) is 0 Å². The molecule has 0 amide bonds. The number of oxime groups is 1. The van der Waals surface area contributed by atoms with Gasteiger partial charge in [-0.1, -0.05) is 5.16 Å². The Kier molecular flexibility index (Phi) is 7.14. The number of nitrogens with zero attached hydrogens (tertiary/aromatic N) is 2. The molecule has 0 rings (SSSR count). The summed E-state index contributed by atoms with van der Waals surface area (Å²) < 4.78 is 4.95. The number of unbranched alkanes of at least 4 members (excludes halogenated alkanes) is 1. The second-order valence-electron chi connectivity index (χ2n) is 3.38. The molecule has 3 N–H and O–H groups in total. The Morgan fingerprint density at radius 2 is 2.21 bits per heavy atom. The zero-order valence-electron chi connectivity index (χ0n) is 9.23. The van der Waals surface area contributed by atoms with Crippen molar-refractivity contribution >= 4 is 5.84 Å². The van der Waals surface area contributed by atoms with Crippen LogP contribution < -0.4 is 5.73 Å². The van der Waals surface area contributed by atoms with E-state index in [9.17, 15) is 0 Å². The molecule has 0 aromatic heterocycles. The average molecular weight is 203 g/mol. The van der Waals surface area contributed by atoms with Crippen molar-refractivity contribution in [1.82, 2.24) is 4.90 Å². The number of methoxy groups -OCH3 is 1. The molecule has 0 saturated carbocycles. The van der Waals surface area contributed by atoms with E-state index in [2.05, 4.69) is 5.16 Å². The predicted octanol–water partition coefficient (Wildman–Crippen LogP) is 0.480. The minimum atomic E-state index is -0.0254. The first-order chi connectivity index (χ1) is 6.63. The van der Waals surface area contributed by atoms with Gasteiger partial charge < -0.3 is 15.7 Å². The van der Waals surface area contributed by atoms with Crippen molar-refractivity contribution in [3.63, 3.8) is 0 Å². The van der Waals surface area contributed by atoms with E-state index < -0.39 is 0 Å². The van der Waals surface area contributed by atoms with E-state index in [4.69, 9.17) is 15.7 Å². The quantitative estimate of drug-likeness (QED) is 0.207. The molecule has 5 heteroatoms. The first-order valence-electron chi connectivity index (χ1n) is 4.80. The van der Waals surface area contributed by atoms with Gasteiger partial charge in [0.1, 0.15) is 0 Å². The number of likely N-dealkylation sites (N-methyl/N-ethyl adjacent to an activating group) is 1. The molecule has 0 aliphatic carbocycles.